The van der Waals surface area contributed by atoms with Crippen LogP contribution in [0, 0.1) is 22.7 Å². The van der Waals surface area contributed by atoms with E-state index in [-0.39, 0.29) is 11.6 Å². The smallest absolute Gasteiger partial charge is 0.405 e. The normalized spacial score (nSPS) is 15.0. The van der Waals surface area contributed by atoms with Gasteiger partial charge < -0.3 is 26.4 Å². The van der Waals surface area contributed by atoms with Crippen LogP contribution in [-0.4, -0.2) is 48.1 Å². The third-order valence-corrected chi connectivity index (χ3v) is 7.48. The minimum Gasteiger partial charge on any atom is -0.437 e. The largest absolute Gasteiger partial charge is 0.437 e. The van der Waals surface area contributed by atoms with Crippen LogP contribution < -0.4 is 21.7 Å². The van der Waals surface area contributed by atoms with E-state index in [2.05, 4.69) is 17.5 Å². The quantitative estimate of drug-likeness (QED) is 0.405. The van der Waals surface area contributed by atoms with Crippen LogP contribution in [0.4, 0.5) is 10.6 Å². The number of aromatic nitrogens is 1. The molecule has 3 amide bonds. The van der Waals surface area contributed by atoms with Gasteiger partial charge in [-0.15, -0.1) is 0 Å². The topological polar surface area (TPSA) is 188 Å². The highest BCUT2D eigenvalue weighted by Crippen LogP contribution is 2.39. The Labute approximate surface area is 225 Å². The molecule has 1 fully saturated rings. The summed E-state index contributed by atoms with van der Waals surface area (Å²) < 4.78 is 4.72. The number of hydrogen-bond donors (Lipinski definition) is 3. The van der Waals surface area contributed by atoms with E-state index in [4.69, 9.17) is 21.2 Å². The first-order valence-corrected chi connectivity index (χ1v) is 13.0. The molecule has 1 aromatic carbocycles. The number of ether oxygens (including phenoxy) is 1. The van der Waals surface area contributed by atoms with Crippen LogP contribution in [0.15, 0.2) is 35.4 Å². The van der Waals surface area contributed by atoms with Crippen LogP contribution in [-0.2, 0) is 20.7 Å². The molecule has 1 aromatic heterocycles. The number of rotatable bonds is 9. The fourth-order valence-electron chi connectivity index (χ4n) is 4.31. The molecule has 198 valence electrons. The second-order valence-corrected chi connectivity index (χ2v) is 9.80. The van der Waals surface area contributed by atoms with Crippen LogP contribution in [0.2, 0.25) is 0 Å². The highest BCUT2D eigenvalue weighted by Gasteiger charge is 2.30. The first-order valence-electron chi connectivity index (χ1n) is 12.1. The summed E-state index contributed by atoms with van der Waals surface area (Å²) in [4.78, 5) is 42.2. The Bertz CT molecular complexity index is 1280. The Kier molecular flexibility index (Phi) is 9.52. The molecule has 2 aromatic rings. The number of piperidine rings is 1. The van der Waals surface area contributed by atoms with Gasteiger partial charge in [0, 0.05) is 19.1 Å². The maximum Gasteiger partial charge on any atom is 0.405 e. The Morgan fingerprint density at radius 3 is 2.32 bits per heavy atom. The minimum atomic E-state index is -1.02. The number of pyridine rings is 1. The van der Waals surface area contributed by atoms with Gasteiger partial charge in [0.2, 0.25) is 5.91 Å². The average molecular weight is 536 g/mol. The fourth-order valence-corrected chi connectivity index (χ4v) is 5.37. The molecule has 1 aliphatic heterocycles. The molecule has 3 rings (SSSR count). The second kappa shape index (κ2) is 12.8. The molecular formula is C26H29N7O4S. The summed E-state index contributed by atoms with van der Waals surface area (Å²) in [5.74, 6) is -0.582. The maximum atomic E-state index is 12.4. The Hall–Kier alpha value is -4.29. The van der Waals surface area contributed by atoms with Crippen LogP contribution >= 0.6 is 11.8 Å². The molecule has 5 N–H and O–H groups in total. The van der Waals surface area contributed by atoms with Crippen molar-refractivity contribution in [2.45, 2.75) is 55.5 Å². The van der Waals surface area contributed by atoms with E-state index in [9.17, 15) is 24.9 Å². The summed E-state index contributed by atoms with van der Waals surface area (Å²) in [6.07, 6.45) is -0.500. The third-order valence-electron chi connectivity index (χ3n) is 6.22. The second-order valence-electron chi connectivity index (χ2n) is 8.71. The van der Waals surface area contributed by atoms with Gasteiger partial charge in [0.1, 0.15) is 28.2 Å². The van der Waals surface area contributed by atoms with E-state index >= 15 is 0 Å². The average Bonchev–Trinajstić information content (AvgIpc) is 2.91. The summed E-state index contributed by atoms with van der Waals surface area (Å²) >= 11 is 1.09. The summed E-state index contributed by atoms with van der Waals surface area (Å²) in [5.41, 5.74) is 12.5. The van der Waals surface area contributed by atoms with Gasteiger partial charge in [-0.25, -0.2) is 9.78 Å². The highest BCUT2D eigenvalue weighted by atomic mass is 32.2. The lowest BCUT2D eigenvalue weighted by atomic mass is 10.00. The van der Waals surface area contributed by atoms with Crippen LogP contribution in [0.1, 0.15) is 54.2 Å². The third kappa shape index (κ3) is 6.52. The lowest BCUT2D eigenvalue weighted by Crippen LogP contribution is -2.48. The number of benzene rings is 1. The molecule has 0 spiro atoms. The number of hydrogen-bond acceptors (Lipinski definition) is 9. The number of nitriles is 2. The van der Waals surface area contributed by atoms with Crippen LogP contribution in [0.3, 0.4) is 0 Å². The Balaban J connectivity index is 1.89. The number of carbonyl (C=O) groups excluding carboxylic acids is 3. The first kappa shape index (κ1) is 28.3. The molecule has 0 bridgehead atoms. The summed E-state index contributed by atoms with van der Waals surface area (Å²) in [7, 11) is 0. The van der Waals surface area contributed by atoms with Crippen molar-refractivity contribution >= 4 is 35.5 Å². The Morgan fingerprint density at radius 2 is 1.79 bits per heavy atom. The van der Waals surface area contributed by atoms with E-state index < -0.39 is 29.3 Å². The summed E-state index contributed by atoms with van der Waals surface area (Å²) in [6, 6.07) is 13.2. The van der Waals surface area contributed by atoms with Gasteiger partial charge in [-0.3, -0.25) is 9.59 Å². The first-order chi connectivity index (χ1) is 18.2. The van der Waals surface area contributed by atoms with Crippen LogP contribution in [0.5, 0.6) is 0 Å². The van der Waals surface area contributed by atoms with Gasteiger partial charge in [0.25, 0.3) is 5.91 Å². The number of carbonyl (C=O) groups is 3. The van der Waals surface area contributed by atoms with Gasteiger partial charge in [0.05, 0.1) is 11.1 Å². The molecule has 2 heterocycles. The standard InChI is InChI=1S/C26H29N7O4S/c1-3-18-19(13-27)23(33-11-9-17(10-12-33)31-24(35)15(2)37-26(30)36)32-25(20(18)14-28)38-21(22(29)34)16-7-5-4-6-8-16/h4-8,15,17,21H,3,9-12H2,1-2H3,(H2,29,34)(H2,30,36)(H,31,35)/t15-,21?/m0/s1. The highest BCUT2D eigenvalue weighted by molar-refractivity contribution is 8.00. The van der Waals surface area contributed by atoms with E-state index in [0.29, 0.717) is 59.9 Å². The molecule has 0 saturated carbocycles. The predicted octanol–water partition coefficient (Wildman–Crippen LogP) is 2.27. The van der Waals surface area contributed by atoms with Gasteiger partial charge in [-0.1, -0.05) is 49.0 Å². The van der Waals surface area contributed by atoms with Crippen molar-refractivity contribution < 1.29 is 19.1 Å². The number of primary amides is 2. The minimum absolute atomic E-state index is 0.168. The number of nitrogens with two attached hydrogens (primary N) is 2. The van der Waals surface area contributed by atoms with E-state index in [1.54, 1.807) is 24.3 Å². The molecule has 0 aliphatic carbocycles. The molecule has 1 saturated heterocycles. The molecule has 1 unspecified atom stereocenters. The molecule has 38 heavy (non-hydrogen) atoms. The van der Waals surface area contributed by atoms with Crippen molar-refractivity contribution in [3.63, 3.8) is 0 Å². The lowest BCUT2D eigenvalue weighted by molar-refractivity contribution is -0.129. The summed E-state index contributed by atoms with van der Waals surface area (Å²) in [5, 5.41) is 22.4. The summed E-state index contributed by atoms with van der Waals surface area (Å²) in [6.45, 7) is 4.26. The van der Waals surface area contributed by atoms with Gasteiger partial charge in [0.15, 0.2) is 6.10 Å². The predicted molar refractivity (Wildman–Crippen MR) is 141 cm³/mol. The van der Waals surface area contributed by atoms with E-state index in [1.165, 1.54) is 6.92 Å². The zero-order valence-electron chi connectivity index (χ0n) is 21.1. The zero-order valence-corrected chi connectivity index (χ0v) is 22.0. The van der Waals surface area contributed by atoms with Crippen molar-refractivity contribution in [2.24, 2.45) is 11.5 Å². The van der Waals surface area contributed by atoms with Gasteiger partial charge in [-0.2, -0.15) is 10.5 Å². The van der Waals surface area contributed by atoms with E-state index in [0.717, 1.165) is 11.8 Å². The van der Waals surface area contributed by atoms with Crippen molar-refractivity contribution in [2.75, 3.05) is 18.0 Å². The maximum absolute atomic E-state index is 12.4. The molecule has 11 nitrogen and oxygen atoms in total. The number of anilines is 1. The van der Waals surface area contributed by atoms with Gasteiger partial charge in [-0.05, 0) is 37.3 Å². The lowest BCUT2D eigenvalue weighted by Gasteiger charge is -2.34. The fraction of sp³-hybridized carbons (Fsp3) is 0.385. The van der Waals surface area contributed by atoms with Crippen molar-refractivity contribution in [3.8, 4) is 12.1 Å². The number of thioether (sulfide) groups is 1. The van der Waals surface area contributed by atoms with Crippen molar-refractivity contribution in [1.29, 1.82) is 10.5 Å². The number of nitrogens with one attached hydrogen (secondary N) is 1. The zero-order chi connectivity index (χ0) is 27.8. The van der Waals surface area contributed by atoms with Crippen molar-refractivity contribution in [3.05, 3.63) is 52.6 Å². The SMILES string of the molecule is CCc1c(C#N)c(SC(C(N)=O)c2ccccc2)nc(N2CCC(NC(=O)[C@H](C)OC(N)=O)CC2)c1C#N. The van der Waals surface area contributed by atoms with Crippen molar-refractivity contribution in [1.82, 2.24) is 10.3 Å². The molecule has 0 radical (unpaired) electrons. The molecule has 2 atom stereocenters. The Morgan fingerprint density at radius 1 is 1.16 bits per heavy atom. The number of amides is 3. The van der Waals surface area contributed by atoms with E-state index in [1.807, 2.05) is 17.9 Å². The molecule has 12 heteroatoms. The molecule has 1 aliphatic rings. The molecular weight excluding hydrogens is 506 g/mol. The van der Waals surface area contributed by atoms with Gasteiger partial charge >= 0.3 is 6.09 Å². The number of nitrogens with zero attached hydrogens (tertiary/aromatic N) is 4. The monoisotopic (exact) mass is 535 g/mol. The van der Waals surface area contributed by atoms with Crippen LogP contribution in [0.25, 0.3) is 0 Å².